The molecule has 2 heterocycles. The van der Waals surface area contributed by atoms with E-state index in [1.165, 1.54) is 17.0 Å². The number of guanidine groups is 1. The average Bonchev–Trinajstić information content (AvgIpc) is 3.37. The van der Waals surface area contributed by atoms with Gasteiger partial charge in [-0.25, -0.2) is 13.1 Å². The maximum absolute atomic E-state index is 12.1. The molecule has 1 aliphatic rings. The fourth-order valence-corrected chi connectivity index (χ4v) is 5.06. The van der Waals surface area contributed by atoms with Crippen LogP contribution in [-0.2, 0) is 10.0 Å². The lowest BCUT2D eigenvalue weighted by atomic mass is 10.3. The maximum atomic E-state index is 12.1. The van der Waals surface area contributed by atoms with E-state index in [0.717, 1.165) is 19.5 Å². The second-order valence-electron chi connectivity index (χ2n) is 6.24. The molecule has 1 aromatic carbocycles. The number of rotatable bonds is 7. The Balaban J connectivity index is 1.41. The van der Waals surface area contributed by atoms with Crippen LogP contribution in [0.4, 0.5) is 5.69 Å². The van der Waals surface area contributed by atoms with Crippen molar-refractivity contribution in [3.05, 3.63) is 47.8 Å². The lowest BCUT2D eigenvalue weighted by Crippen LogP contribution is -2.46. The molecule has 1 fully saturated rings. The van der Waals surface area contributed by atoms with Gasteiger partial charge in [0.25, 0.3) is 0 Å². The van der Waals surface area contributed by atoms with Gasteiger partial charge in [0.2, 0.25) is 10.0 Å². The van der Waals surface area contributed by atoms with Crippen molar-refractivity contribution in [2.45, 2.75) is 16.7 Å². The predicted octanol–water partition coefficient (Wildman–Crippen LogP) is 1.47. The van der Waals surface area contributed by atoms with Gasteiger partial charge in [-0.2, -0.15) is 0 Å². The Hall–Kier alpha value is -2.10. The highest BCUT2D eigenvalue weighted by atomic mass is 32.2. The molecule has 3 rings (SSSR count). The van der Waals surface area contributed by atoms with E-state index in [4.69, 9.17) is 0 Å². The van der Waals surface area contributed by atoms with Crippen LogP contribution in [0, 0.1) is 0 Å². The van der Waals surface area contributed by atoms with E-state index < -0.39 is 10.0 Å². The van der Waals surface area contributed by atoms with E-state index in [-0.39, 0.29) is 0 Å². The molecule has 3 N–H and O–H groups in total. The summed E-state index contributed by atoms with van der Waals surface area (Å²) in [7, 11) is -1.70. The summed E-state index contributed by atoms with van der Waals surface area (Å²) in [5.41, 5.74) is 1.23. The van der Waals surface area contributed by atoms with Crippen LogP contribution >= 0.6 is 11.3 Å². The molecule has 1 unspecified atom stereocenters. The Labute approximate surface area is 164 Å². The van der Waals surface area contributed by atoms with Gasteiger partial charge in [-0.15, -0.1) is 11.3 Å². The van der Waals surface area contributed by atoms with Crippen molar-refractivity contribution in [1.29, 1.82) is 0 Å². The third kappa shape index (κ3) is 5.44. The summed E-state index contributed by atoms with van der Waals surface area (Å²) in [5.74, 6) is 0.685. The van der Waals surface area contributed by atoms with E-state index in [2.05, 4.69) is 37.4 Å². The Kier molecular flexibility index (Phi) is 6.70. The molecule has 146 valence electrons. The summed E-state index contributed by atoms with van der Waals surface area (Å²) < 4.78 is 27.1. The molecule has 2 aromatic rings. The zero-order chi connectivity index (χ0) is 19.1. The molecular formula is C18H25N5O2S2. The van der Waals surface area contributed by atoms with E-state index >= 15 is 0 Å². The molecule has 0 aliphatic carbocycles. The van der Waals surface area contributed by atoms with E-state index in [1.54, 1.807) is 24.6 Å². The molecule has 0 amide bonds. The Morgan fingerprint density at radius 3 is 2.74 bits per heavy atom. The van der Waals surface area contributed by atoms with E-state index in [1.807, 2.05) is 18.2 Å². The van der Waals surface area contributed by atoms with Gasteiger partial charge in [-0.1, -0.05) is 24.3 Å². The molecule has 1 aromatic heterocycles. The number of nitrogens with one attached hydrogen (secondary N) is 3. The Morgan fingerprint density at radius 2 is 2.04 bits per heavy atom. The van der Waals surface area contributed by atoms with Gasteiger partial charge in [0.05, 0.1) is 0 Å². The Bertz CT molecular complexity index is 838. The smallest absolute Gasteiger partial charge is 0.250 e. The van der Waals surface area contributed by atoms with Crippen LogP contribution < -0.4 is 20.3 Å². The second-order valence-corrected chi connectivity index (χ2v) is 9.18. The van der Waals surface area contributed by atoms with Crippen LogP contribution in [0.5, 0.6) is 0 Å². The van der Waals surface area contributed by atoms with Crippen molar-refractivity contribution in [3.63, 3.8) is 0 Å². The quantitative estimate of drug-likeness (QED) is 0.368. The standard InChI is InChI=1S/C18H25N5O2S2/c1-19-18(20-10-11-21-27(24,25)17-8-5-13-26-17)22-15-9-12-23(14-15)16-6-3-2-4-7-16/h2-8,13,15,21H,9-12,14H2,1H3,(H2,19,20,22). The predicted molar refractivity (Wildman–Crippen MR) is 111 cm³/mol. The van der Waals surface area contributed by atoms with Gasteiger partial charge >= 0.3 is 0 Å². The summed E-state index contributed by atoms with van der Waals surface area (Å²) in [6.45, 7) is 2.66. The van der Waals surface area contributed by atoms with Crippen molar-refractivity contribution < 1.29 is 8.42 Å². The fraction of sp³-hybridized carbons (Fsp3) is 0.389. The summed E-state index contributed by atoms with van der Waals surface area (Å²) in [4.78, 5) is 6.58. The molecule has 1 atom stereocenters. The number of para-hydroxylation sites is 1. The van der Waals surface area contributed by atoms with Crippen molar-refractivity contribution in [2.75, 3.05) is 38.1 Å². The van der Waals surface area contributed by atoms with Crippen LogP contribution in [0.1, 0.15) is 6.42 Å². The fourth-order valence-electron chi connectivity index (χ4n) is 2.99. The van der Waals surface area contributed by atoms with Gasteiger partial charge in [-0.3, -0.25) is 4.99 Å². The largest absolute Gasteiger partial charge is 0.369 e. The van der Waals surface area contributed by atoms with E-state index in [0.29, 0.717) is 29.3 Å². The van der Waals surface area contributed by atoms with Crippen LogP contribution in [0.15, 0.2) is 57.0 Å². The number of hydrogen-bond donors (Lipinski definition) is 3. The SMILES string of the molecule is CN=C(NCCNS(=O)(=O)c1cccs1)NC1CCN(c2ccccc2)C1. The monoisotopic (exact) mass is 407 g/mol. The van der Waals surface area contributed by atoms with Crippen LogP contribution in [0.25, 0.3) is 0 Å². The minimum Gasteiger partial charge on any atom is -0.369 e. The number of sulfonamides is 1. The summed E-state index contributed by atoms with van der Waals surface area (Å²) in [6, 6.07) is 14.0. The molecule has 0 radical (unpaired) electrons. The van der Waals surface area contributed by atoms with Gasteiger partial charge in [-0.05, 0) is 30.0 Å². The van der Waals surface area contributed by atoms with Crippen LogP contribution in [-0.4, -0.2) is 53.6 Å². The van der Waals surface area contributed by atoms with Gasteiger partial charge in [0.1, 0.15) is 4.21 Å². The number of hydrogen-bond acceptors (Lipinski definition) is 5. The molecule has 9 heteroatoms. The van der Waals surface area contributed by atoms with E-state index in [9.17, 15) is 8.42 Å². The molecular weight excluding hydrogens is 382 g/mol. The van der Waals surface area contributed by atoms with Crippen molar-refractivity contribution in [2.24, 2.45) is 4.99 Å². The first-order chi connectivity index (χ1) is 13.1. The highest BCUT2D eigenvalue weighted by Crippen LogP contribution is 2.19. The van der Waals surface area contributed by atoms with Crippen molar-refractivity contribution >= 4 is 33.0 Å². The Morgan fingerprint density at radius 1 is 1.22 bits per heavy atom. The molecule has 7 nitrogen and oxygen atoms in total. The molecule has 1 aliphatic heterocycles. The first-order valence-electron chi connectivity index (χ1n) is 8.89. The van der Waals surface area contributed by atoms with Crippen molar-refractivity contribution in [1.82, 2.24) is 15.4 Å². The molecule has 1 saturated heterocycles. The van der Waals surface area contributed by atoms with Crippen LogP contribution in [0.3, 0.4) is 0 Å². The summed E-state index contributed by atoms with van der Waals surface area (Å²) in [5, 5.41) is 8.33. The first-order valence-corrected chi connectivity index (χ1v) is 11.2. The molecule has 0 saturated carbocycles. The van der Waals surface area contributed by atoms with Gasteiger partial charge < -0.3 is 15.5 Å². The average molecular weight is 408 g/mol. The molecule has 0 spiro atoms. The highest BCUT2D eigenvalue weighted by Gasteiger charge is 2.23. The lowest BCUT2D eigenvalue weighted by Gasteiger charge is -2.20. The zero-order valence-corrected chi connectivity index (χ0v) is 16.9. The number of aliphatic imine (C=N–C) groups is 1. The minimum absolute atomic E-state index is 0.293. The number of anilines is 1. The summed E-state index contributed by atoms with van der Waals surface area (Å²) >= 11 is 1.21. The third-order valence-corrected chi connectivity index (χ3v) is 7.20. The highest BCUT2D eigenvalue weighted by molar-refractivity contribution is 7.91. The zero-order valence-electron chi connectivity index (χ0n) is 15.3. The third-order valence-electron chi connectivity index (χ3n) is 4.34. The number of nitrogens with zero attached hydrogens (tertiary/aromatic N) is 2. The first kappa shape index (κ1) is 19.7. The summed E-state index contributed by atoms with van der Waals surface area (Å²) in [6.07, 6.45) is 1.03. The topological polar surface area (TPSA) is 85.8 Å². The number of benzene rings is 1. The van der Waals surface area contributed by atoms with Crippen LogP contribution in [0.2, 0.25) is 0 Å². The lowest BCUT2D eigenvalue weighted by molar-refractivity contribution is 0.582. The normalized spacial score (nSPS) is 17.9. The minimum atomic E-state index is -3.42. The maximum Gasteiger partial charge on any atom is 0.250 e. The van der Waals surface area contributed by atoms with Crippen molar-refractivity contribution in [3.8, 4) is 0 Å². The molecule has 27 heavy (non-hydrogen) atoms. The number of thiophene rings is 1. The molecule has 0 bridgehead atoms. The second kappa shape index (κ2) is 9.20. The van der Waals surface area contributed by atoms with Gasteiger partial charge in [0.15, 0.2) is 5.96 Å². The van der Waals surface area contributed by atoms with Gasteiger partial charge in [0, 0.05) is 45.0 Å².